The highest BCUT2D eigenvalue weighted by atomic mass is 32.2. The lowest BCUT2D eigenvalue weighted by atomic mass is 9.98. The number of thioether (sulfide) groups is 1. The molecule has 0 amide bonds. The molecule has 3 rings (SSSR count). The minimum absolute atomic E-state index is 0.0269. The zero-order valence-corrected chi connectivity index (χ0v) is 17.7. The molecule has 1 fully saturated rings. The van der Waals surface area contributed by atoms with Crippen LogP contribution in [0.15, 0.2) is 29.7 Å². The molecule has 156 valence electrons. The quantitative estimate of drug-likeness (QED) is 0.442. The van der Waals surface area contributed by atoms with Crippen LogP contribution in [0.25, 0.3) is 11.4 Å². The minimum atomic E-state index is -0.282. The predicted octanol–water partition coefficient (Wildman–Crippen LogP) is 4.42. The smallest absolute Gasteiger partial charge is 0.306 e. The van der Waals surface area contributed by atoms with Crippen molar-refractivity contribution in [2.75, 3.05) is 0 Å². The number of aromatic nitrogens is 4. The van der Waals surface area contributed by atoms with E-state index in [0.29, 0.717) is 5.16 Å². The van der Waals surface area contributed by atoms with Crippen molar-refractivity contribution in [2.24, 2.45) is 0 Å². The SMILES string of the molecule is CCCCn1c(SC(=O)CCC(=O)OC2CCCCC2)nnc1-c1ccncc1. The summed E-state index contributed by atoms with van der Waals surface area (Å²) in [5, 5.41) is 8.98. The maximum Gasteiger partial charge on any atom is 0.306 e. The van der Waals surface area contributed by atoms with Gasteiger partial charge in [0.25, 0.3) is 0 Å². The summed E-state index contributed by atoms with van der Waals surface area (Å²) in [5.74, 6) is 0.448. The molecule has 2 aromatic heterocycles. The van der Waals surface area contributed by atoms with Crippen molar-refractivity contribution in [2.45, 2.75) is 82.5 Å². The second-order valence-corrected chi connectivity index (χ2v) is 8.30. The molecule has 1 aliphatic rings. The number of pyridine rings is 1. The summed E-state index contributed by atoms with van der Waals surface area (Å²) in [6.07, 6.45) is 11.0. The molecule has 0 N–H and O–H groups in total. The summed E-state index contributed by atoms with van der Waals surface area (Å²) in [4.78, 5) is 28.5. The third-order valence-electron chi connectivity index (χ3n) is 4.98. The first-order chi connectivity index (χ1) is 14.2. The van der Waals surface area contributed by atoms with Gasteiger partial charge in [0.2, 0.25) is 0 Å². The molecule has 2 aromatic rings. The van der Waals surface area contributed by atoms with Gasteiger partial charge in [-0.2, -0.15) is 0 Å². The molecule has 7 nitrogen and oxygen atoms in total. The molecular weight excluding hydrogens is 388 g/mol. The molecule has 0 aromatic carbocycles. The third-order valence-corrected chi connectivity index (χ3v) is 5.90. The van der Waals surface area contributed by atoms with Crippen LogP contribution in [0.3, 0.4) is 0 Å². The van der Waals surface area contributed by atoms with Gasteiger partial charge in [0.1, 0.15) is 6.10 Å². The van der Waals surface area contributed by atoms with Gasteiger partial charge in [-0.15, -0.1) is 10.2 Å². The molecule has 1 aliphatic carbocycles. The first kappa shape index (κ1) is 21.5. The van der Waals surface area contributed by atoms with Crippen molar-refractivity contribution < 1.29 is 14.3 Å². The Morgan fingerprint density at radius 1 is 1.14 bits per heavy atom. The first-order valence-electron chi connectivity index (χ1n) is 10.4. The summed E-state index contributed by atoms with van der Waals surface area (Å²) in [5.41, 5.74) is 0.916. The number of esters is 1. The Hall–Kier alpha value is -2.22. The molecule has 0 unspecified atom stereocenters. The van der Waals surface area contributed by atoms with E-state index >= 15 is 0 Å². The van der Waals surface area contributed by atoms with Gasteiger partial charge in [0, 0.05) is 30.9 Å². The van der Waals surface area contributed by atoms with Gasteiger partial charge in [-0.1, -0.05) is 19.8 Å². The zero-order valence-electron chi connectivity index (χ0n) is 16.9. The summed E-state index contributed by atoms with van der Waals surface area (Å²) in [6, 6.07) is 3.76. The Kier molecular flexibility index (Phi) is 8.22. The normalized spacial score (nSPS) is 14.7. The standard InChI is InChI=1S/C21H28N4O3S/c1-2-3-15-25-20(16-11-13-22-14-12-16)23-24-21(25)29-19(27)10-9-18(26)28-17-7-5-4-6-8-17/h11-14,17H,2-10,15H2,1H3. The number of unbranched alkanes of at least 4 members (excludes halogenated alkanes) is 1. The fraction of sp³-hybridized carbons (Fsp3) is 0.571. The summed E-state index contributed by atoms with van der Waals surface area (Å²) in [6.45, 7) is 2.85. The van der Waals surface area contributed by atoms with Crippen LogP contribution in [0.1, 0.15) is 64.7 Å². The second-order valence-electron chi connectivity index (χ2n) is 7.27. The van der Waals surface area contributed by atoms with E-state index in [1.54, 1.807) is 12.4 Å². The number of nitrogens with zero attached hydrogens (tertiary/aromatic N) is 4. The monoisotopic (exact) mass is 416 g/mol. The molecule has 0 spiro atoms. The van der Waals surface area contributed by atoms with E-state index in [1.807, 2.05) is 16.7 Å². The summed E-state index contributed by atoms with van der Waals surface area (Å²) < 4.78 is 7.47. The summed E-state index contributed by atoms with van der Waals surface area (Å²) >= 11 is 1.05. The topological polar surface area (TPSA) is 87.0 Å². The average molecular weight is 417 g/mol. The second kappa shape index (κ2) is 11.1. The van der Waals surface area contributed by atoms with Gasteiger partial charge in [0.05, 0.1) is 6.42 Å². The van der Waals surface area contributed by atoms with E-state index in [4.69, 9.17) is 4.74 Å². The Morgan fingerprint density at radius 3 is 2.62 bits per heavy atom. The minimum Gasteiger partial charge on any atom is -0.462 e. The molecule has 1 saturated carbocycles. The fourth-order valence-corrected chi connectivity index (χ4v) is 4.16. The van der Waals surface area contributed by atoms with E-state index in [9.17, 15) is 9.59 Å². The Bertz CT molecular complexity index is 804. The average Bonchev–Trinajstić information content (AvgIpc) is 3.14. The van der Waals surface area contributed by atoms with Gasteiger partial charge >= 0.3 is 5.97 Å². The molecular formula is C21H28N4O3S. The van der Waals surface area contributed by atoms with Crippen molar-refractivity contribution >= 4 is 22.8 Å². The van der Waals surface area contributed by atoms with E-state index in [2.05, 4.69) is 22.1 Å². The molecule has 2 heterocycles. The van der Waals surface area contributed by atoms with Crippen molar-refractivity contribution in [1.29, 1.82) is 0 Å². The van der Waals surface area contributed by atoms with Gasteiger partial charge in [0.15, 0.2) is 16.1 Å². The van der Waals surface area contributed by atoms with Gasteiger partial charge in [-0.3, -0.25) is 14.6 Å². The summed E-state index contributed by atoms with van der Waals surface area (Å²) in [7, 11) is 0. The van der Waals surface area contributed by atoms with Crippen LogP contribution < -0.4 is 0 Å². The van der Waals surface area contributed by atoms with Crippen molar-refractivity contribution in [1.82, 2.24) is 19.7 Å². The molecule has 0 atom stereocenters. The lowest BCUT2D eigenvalue weighted by Crippen LogP contribution is -2.21. The Balaban J connectivity index is 1.57. The zero-order chi connectivity index (χ0) is 20.5. The molecule has 0 bridgehead atoms. The lowest BCUT2D eigenvalue weighted by Gasteiger charge is -2.21. The lowest BCUT2D eigenvalue weighted by molar-refractivity contribution is -0.151. The highest BCUT2D eigenvalue weighted by Gasteiger charge is 2.20. The predicted molar refractivity (Wildman–Crippen MR) is 111 cm³/mol. The van der Waals surface area contributed by atoms with E-state index in [-0.39, 0.29) is 30.0 Å². The fourth-order valence-electron chi connectivity index (χ4n) is 3.38. The van der Waals surface area contributed by atoms with Crippen LogP contribution in [0, 0.1) is 0 Å². The van der Waals surface area contributed by atoms with E-state index in [1.165, 1.54) is 6.42 Å². The van der Waals surface area contributed by atoms with Crippen molar-refractivity contribution in [3.63, 3.8) is 0 Å². The largest absolute Gasteiger partial charge is 0.462 e. The molecule has 0 aliphatic heterocycles. The maximum absolute atomic E-state index is 12.4. The molecule has 8 heteroatoms. The van der Waals surface area contributed by atoms with Crippen LogP contribution in [-0.4, -0.2) is 36.9 Å². The van der Waals surface area contributed by atoms with Crippen LogP contribution >= 0.6 is 11.8 Å². The van der Waals surface area contributed by atoms with Crippen LogP contribution in [0.2, 0.25) is 0 Å². The third kappa shape index (κ3) is 6.39. The van der Waals surface area contributed by atoms with E-state index < -0.39 is 0 Å². The number of carbonyl (C=O) groups excluding carboxylic acids is 2. The first-order valence-corrected chi connectivity index (χ1v) is 11.2. The highest BCUT2D eigenvalue weighted by Crippen LogP contribution is 2.26. The number of hydrogen-bond acceptors (Lipinski definition) is 7. The molecule has 0 radical (unpaired) electrons. The van der Waals surface area contributed by atoms with Crippen molar-refractivity contribution in [3.05, 3.63) is 24.5 Å². The maximum atomic E-state index is 12.4. The van der Waals surface area contributed by atoms with Gasteiger partial charge < -0.3 is 9.30 Å². The number of ether oxygens (including phenoxy) is 1. The Labute approximate surface area is 175 Å². The molecule has 29 heavy (non-hydrogen) atoms. The number of carbonyl (C=O) groups is 2. The Morgan fingerprint density at radius 2 is 1.90 bits per heavy atom. The van der Waals surface area contributed by atoms with Crippen LogP contribution in [0.5, 0.6) is 0 Å². The van der Waals surface area contributed by atoms with E-state index in [0.717, 1.165) is 68.2 Å². The highest BCUT2D eigenvalue weighted by molar-refractivity contribution is 8.13. The van der Waals surface area contributed by atoms with Gasteiger partial charge in [-0.05, 0) is 56.0 Å². The van der Waals surface area contributed by atoms with Crippen LogP contribution in [0.4, 0.5) is 0 Å². The molecule has 0 saturated heterocycles. The van der Waals surface area contributed by atoms with Gasteiger partial charge in [-0.25, -0.2) is 0 Å². The van der Waals surface area contributed by atoms with Crippen LogP contribution in [-0.2, 0) is 20.9 Å². The van der Waals surface area contributed by atoms with Crippen molar-refractivity contribution in [3.8, 4) is 11.4 Å². The number of hydrogen-bond donors (Lipinski definition) is 0. The number of rotatable bonds is 9.